The second kappa shape index (κ2) is 4.74. The Bertz CT molecular complexity index is 397. The molecule has 2 rings (SSSR count). The Labute approximate surface area is 94.9 Å². The van der Waals surface area contributed by atoms with Gasteiger partial charge in [-0.15, -0.1) is 0 Å². The predicted molar refractivity (Wildman–Crippen MR) is 61.1 cm³/mol. The van der Waals surface area contributed by atoms with Crippen molar-refractivity contribution in [3.63, 3.8) is 0 Å². The van der Waals surface area contributed by atoms with Crippen LogP contribution in [-0.2, 0) is 0 Å². The molecule has 1 unspecified atom stereocenters. The van der Waals surface area contributed by atoms with Crippen LogP contribution in [-0.4, -0.2) is 18.9 Å². The van der Waals surface area contributed by atoms with E-state index in [0.29, 0.717) is 5.56 Å². The van der Waals surface area contributed by atoms with E-state index in [9.17, 15) is 9.18 Å². The van der Waals surface area contributed by atoms with Crippen LogP contribution in [0.15, 0.2) is 18.2 Å². The Balaban J connectivity index is 2.19. The van der Waals surface area contributed by atoms with Gasteiger partial charge in [-0.3, -0.25) is 4.79 Å². The van der Waals surface area contributed by atoms with Gasteiger partial charge < -0.3 is 5.32 Å². The molecule has 2 nitrogen and oxygen atoms in total. The van der Waals surface area contributed by atoms with Crippen molar-refractivity contribution in [2.24, 2.45) is 5.92 Å². The fraction of sp³-hybridized carbons (Fsp3) is 0.462. The Morgan fingerprint density at radius 2 is 2.31 bits per heavy atom. The monoisotopic (exact) mass is 221 g/mol. The van der Waals surface area contributed by atoms with E-state index in [0.717, 1.165) is 31.5 Å². The Morgan fingerprint density at radius 1 is 1.50 bits per heavy atom. The van der Waals surface area contributed by atoms with Crippen molar-refractivity contribution in [2.45, 2.75) is 19.8 Å². The lowest BCUT2D eigenvalue weighted by atomic mass is 9.89. The van der Waals surface area contributed by atoms with Gasteiger partial charge in [0.05, 0.1) is 0 Å². The van der Waals surface area contributed by atoms with E-state index >= 15 is 0 Å². The van der Waals surface area contributed by atoms with Gasteiger partial charge in [-0.25, -0.2) is 4.39 Å². The maximum absolute atomic E-state index is 12.9. The molecule has 0 spiro atoms. The zero-order chi connectivity index (χ0) is 11.5. The Kier molecular flexibility index (Phi) is 3.34. The molecule has 0 aromatic heterocycles. The molecule has 86 valence electrons. The fourth-order valence-electron chi connectivity index (χ4n) is 2.20. The number of rotatable bonds is 2. The van der Waals surface area contributed by atoms with Crippen molar-refractivity contribution in [3.8, 4) is 0 Å². The molecule has 1 aromatic carbocycles. The summed E-state index contributed by atoms with van der Waals surface area (Å²) < 4.78 is 12.9. The highest BCUT2D eigenvalue weighted by molar-refractivity contribution is 5.99. The first-order chi connectivity index (χ1) is 7.68. The number of hydrogen-bond donors (Lipinski definition) is 1. The van der Waals surface area contributed by atoms with Crippen LogP contribution in [0.5, 0.6) is 0 Å². The Morgan fingerprint density at radius 3 is 2.94 bits per heavy atom. The molecule has 1 atom stereocenters. The number of hydrogen-bond acceptors (Lipinski definition) is 2. The number of nitrogens with one attached hydrogen (secondary N) is 1. The average molecular weight is 221 g/mol. The second-order valence-corrected chi connectivity index (χ2v) is 4.37. The topological polar surface area (TPSA) is 29.1 Å². The third-order valence-electron chi connectivity index (χ3n) is 3.12. The number of benzene rings is 1. The molecular formula is C13H16FNO. The standard InChI is InChI=1S/C13H16FNO/c1-9-7-11(14)4-5-12(9)13(16)10-3-2-6-15-8-10/h4-5,7,10,15H,2-3,6,8H2,1H3. The molecule has 1 aromatic rings. The van der Waals surface area contributed by atoms with Gasteiger partial charge in [0.15, 0.2) is 5.78 Å². The maximum atomic E-state index is 12.9. The highest BCUT2D eigenvalue weighted by Gasteiger charge is 2.23. The summed E-state index contributed by atoms with van der Waals surface area (Å²) in [5.74, 6) is -0.0848. The van der Waals surface area contributed by atoms with Crippen molar-refractivity contribution in [1.82, 2.24) is 5.32 Å². The van der Waals surface area contributed by atoms with E-state index in [-0.39, 0.29) is 17.5 Å². The van der Waals surface area contributed by atoms with Gasteiger partial charge in [0.25, 0.3) is 0 Å². The lowest BCUT2D eigenvalue weighted by Gasteiger charge is -2.22. The number of carbonyl (C=O) groups excluding carboxylic acids is 1. The van der Waals surface area contributed by atoms with E-state index in [1.165, 1.54) is 12.1 Å². The largest absolute Gasteiger partial charge is 0.316 e. The van der Waals surface area contributed by atoms with Gasteiger partial charge in [-0.1, -0.05) is 0 Å². The summed E-state index contributed by atoms with van der Waals surface area (Å²) in [4.78, 5) is 12.2. The predicted octanol–water partition coefficient (Wildman–Crippen LogP) is 2.32. The van der Waals surface area contributed by atoms with Crippen molar-refractivity contribution >= 4 is 5.78 Å². The summed E-state index contributed by atoms with van der Waals surface area (Å²) in [7, 11) is 0. The number of ketones is 1. The molecule has 1 aliphatic heterocycles. The molecule has 1 fully saturated rings. The van der Waals surface area contributed by atoms with Gasteiger partial charge in [0.1, 0.15) is 5.82 Å². The number of Topliss-reactive ketones (excluding diaryl/α,β-unsaturated/α-hetero) is 1. The van der Waals surface area contributed by atoms with Crippen molar-refractivity contribution in [2.75, 3.05) is 13.1 Å². The van der Waals surface area contributed by atoms with Crippen LogP contribution in [0.2, 0.25) is 0 Å². The molecule has 1 saturated heterocycles. The lowest BCUT2D eigenvalue weighted by Crippen LogP contribution is -2.34. The van der Waals surface area contributed by atoms with E-state index in [1.807, 2.05) is 0 Å². The van der Waals surface area contributed by atoms with E-state index in [1.54, 1.807) is 13.0 Å². The Hall–Kier alpha value is -1.22. The third-order valence-corrected chi connectivity index (χ3v) is 3.12. The van der Waals surface area contributed by atoms with Crippen LogP contribution in [0, 0.1) is 18.7 Å². The van der Waals surface area contributed by atoms with Gasteiger partial charge in [0, 0.05) is 18.0 Å². The van der Waals surface area contributed by atoms with Crippen LogP contribution >= 0.6 is 0 Å². The first kappa shape index (κ1) is 11.3. The summed E-state index contributed by atoms with van der Waals surface area (Å²) in [5, 5.41) is 3.22. The molecule has 0 bridgehead atoms. The van der Waals surface area contributed by atoms with Gasteiger partial charge in [-0.2, -0.15) is 0 Å². The average Bonchev–Trinajstić information content (AvgIpc) is 2.29. The van der Waals surface area contributed by atoms with Crippen LogP contribution in [0.1, 0.15) is 28.8 Å². The number of piperidine rings is 1. The molecule has 0 amide bonds. The van der Waals surface area contributed by atoms with Gasteiger partial charge >= 0.3 is 0 Å². The summed E-state index contributed by atoms with van der Waals surface area (Å²) >= 11 is 0. The minimum absolute atomic E-state index is 0.0536. The lowest BCUT2D eigenvalue weighted by molar-refractivity contribution is 0.0899. The highest BCUT2D eigenvalue weighted by Crippen LogP contribution is 2.19. The van der Waals surface area contributed by atoms with Gasteiger partial charge in [-0.05, 0) is 50.1 Å². The summed E-state index contributed by atoms with van der Waals surface area (Å²) in [6, 6.07) is 4.38. The van der Waals surface area contributed by atoms with Crippen LogP contribution in [0.25, 0.3) is 0 Å². The van der Waals surface area contributed by atoms with E-state index in [4.69, 9.17) is 0 Å². The van der Waals surface area contributed by atoms with Crippen LogP contribution < -0.4 is 5.32 Å². The third kappa shape index (κ3) is 2.30. The zero-order valence-corrected chi connectivity index (χ0v) is 9.42. The first-order valence-electron chi connectivity index (χ1n) is 5.69. The summed E-state index contributed by atoms with van der Waals surface area (Å²) in [6.07, 6.45) is 1.97. The number of halogens is 1. The van der Waals surface area contributed by atoms with Crippen LogP contribution in [0.4, 0.5) is 4.39 Å². The van der Waals surface area contributed by atoms with Crippen LogP contribution in [0.3, 0.4) is 0 Å². The fourth-order valence-corrected chi connectivity index (χ4v) is 2.20. The normalized spacial score (nSPS) is 20.8. The van der Waals surface area contributed by atoms with E-state index < -0.39 is 0 Å². The molecule has 1 N–H and O–H groups in total. The SMILES string of the molecule is Cc1cc(F)ccc1C(=O)C1CCCNC1. The van der Waals surface area contributed by atoms with Crippen molar-refractivity contribution in [1.29, 1.82) is 0 Å². The molecule has 3 heteroatoms. The number of aryl methyl sites for hydroxylation is 1. The molecule has 16 heavy (non-hydrogen) atoms. The second-order valence-electron chi connectivity index (χ2n) is 4.37. The quantitative estimate of drug-likeness (QED) is 0.776. The summed E-state index contributed by atoms with van der Waals surface area (Å²) in [6.45, 7) is 3.52. The molecular weight excluding hydrogens is 205 g/mol. The smallest absolute Gasteiger partial charge is 0.167 e. The zero-order valence-electron chi connectivity index (χ0n) is 9.42. The molecule has 1 aliphatic rings. The minimum atomic E-state index is -0.282. The maximum Gasteiger partial charge on any atom is 0.167 e. The molecule has 0 saturated carbocycles. The molecule has 0 aliphatic carbocycles. The van der Waals surface area contributed by atoms with Gasteiger partial charge in [0.2, 0.25) is 0 Å². The molecule has 0 radical (unpaired) electrons. The van der Waals surface area contributed by atoms with Crippen molar-refractivity contribution < 1.29 is 9.18 Å². The van der Waals surface area contributed by atoms with Crippen molar-refractivity contribution in [3.05, 3.63) is 35.1 Å². The molecule has 1 heterocycles. The van der Waals surface area contributed by atoms with E-state index in [2.05, 4.69) is 5.32 Å². The first-order valence-corrected chi connectivity index (χ1v) is 5.69. The highest BCUT2D eigenvalue weighted by atomic mass is 19.1. The number of carbonyl (C=O) groups is 1. The summed E-state index contributed by atoms with van der Waals surface area (Å²) in [5.41, 5.74) is 1.39. The minimum Gasteiger partial charge on any atom is -0.316 e.